The number of hydrogen-bond acceptors (Lipinski definition) is 4. The fraction of sp³-hybridized carbons (Fsp3) is 0.545. The Balaban J connectivity index is 1.32. The van der Waals surface area contributed by atoms with Gasteiger partial charge in [-0.25, -0.2) is 9.37 Å². The smallest absolute Gasteiger partial charge is 0.190 e. The molecule has 1 aliphatic rings. The molecule has 29 heavy (non-hydrogen) atoms. The van der Waals surface area contributed by atoms with Crippen LogP contribution >= 0.6 is 11.3 Å². The van der Waals surface area contributed by atoms with Gasteiger partial charge in [-0.15, -0.1) is 11.3 Å². The standard InChI is InChI=1S/C22H32FN5S/c1-3-21-27-20(16-29-21)15-28-12-9-18(10-13-28)14-26-22(24-2)25-11-8-17-4-6-19(23)7-5-17/h4-7,16,18H,3,8-15H2,1-2H3,(H2,24,25,26). The van der Waals surface area contributed by atoms with Gasteiger partial charge in [0.15, 0.2) is 5.96 Å². The van der Waals surface area contributed by atoms with E-state index >= 15 is 0 Å². The highest BCUT2D eigenvalue weighted by Crippen LogP contribution is 2.19. The highest BCUT2D eigenvalue weighted by Gasteiger charge is 2.20. The molecule has 0 atom stereocenters. The Labute approximate surface area is 177 Å². The number of thiazole rings is 1. The lowest BCUT2D eigenvalue weighted by Crippen LogP contribution is -2.43. The normalized spacial score (nSPS) is 16.2. The van der Waals surface area contributed by atoms with Crippen LogP contribution in [0.3, 0.4) is 0 Å². The third-order valence-electron chi connectivity index (χ3n) is 5.40. The summed E-state index contributed by atoms with van der Waals surface area (Å²) >= 11 is 1.77. The minimum atomic E-state index is -0.192. The third-order valence-corrected chi connectivity index (χ3v) is 6.44. The van der Waals surface area contributed by atoms with Crippen LogP contribution in [-0.2, 0) is 19.4 Å². The lowest BCUT2D eigenvalue weighted by Gasteiger charge is -2.31. The maximum absolute atomic E-state index is 13.0. The molecule has 0 aliphatic carbocycles. The fourth-order valence-corrected chi connectivity index (χ4v) is 4.34. The van der Waals surface area contributed by atoms with Crippen LogP contribution in [0.1, 0.15) is 36.0 Å². The van der Waals surface area contributed by atoms with Gasteiger partial charge in [0.05, 0.1) is 10.7 Å². The Morgan fingerprint density at radius 1 is 1.24 bits per heavy atom. The molecule has 2 heterocycles. The first-order valence-corrected chi connectivity index (χ1v) is 11.4. The van der Waals surface area contributed by atoms with Crippen LogP contribution in [0.2, 0.25) is 0 Å². The second kappa shape index (κ2) is 11.3. The lowest BCUT2D eigenvalue weighted by molar-refractivity contribution is 0.176. The average Bonchev–Trinajstić information content (AvgIpc) is 3.20. The zero-order chi connectivity index (χ0) is 20.5. The number of halogens is 1. The molecule has 0 spiro atoms. The number of piperidine rings is 1. The summed E-state index contributed by atoms with van der Waals surface area (Å²) in [5, 5.41) is 10.2. The number of hydrogen-bond donors (Lipinski definition) is 2. The van der Waals surface area contributed by atoms with Gasteiger partial charge in [0.1, 0.15) is 5.82 Å². The molecule has 5 nitrogen and oxygen atoms in total. The summed E-state index contributed by atoms with van der Waals surface area (Å²) in [5.41, 5.74) is 2.34. The molecule has 2 aromatic rings. The van der Waals surface area contributed by atoms with Gasteiger partial charge in [-0.1, -0.05) is 19.1 Å². The van der Waals surface area contributed by atoms with Crippen LogP contribution in [-0.4, -0.2) is 49.1 Å². The summed E-state index contributed by atoms with van der Waals surface area (Å²) in [6.07, 6.45) is 4.27. The molecule has 158 valence electrons. The van der Waals surface area contributed by atoms with Gasteiger partial charge in [0.25, 0.3) is 0 Å². The second-order valence-corrected chi connectivity index (χ2v) is 8.50. The Kier molecular flexibility index (Phi) is 8.43. The lowest BCUT2D eigenvalue weighted by atomic mass is 9.97. The van der Waals surface area contributed by atoms with Crippen molar-refractivity contribution in [1.82, 2.24) is 20.5 Å². The Morgan fingerprint density at radius 3 is 2.66 bits per heavy atom. The third kappa shape index (κ3) is 7.08. The van der Waals surface area contributed by atoms with Crippen LogP contribution in [0.25, 0.3) is 0 Å². The predicted molar refractivity (Wildman–Crippen MR) is 119 cm³/mol. The zero-order valence-electron chi connectivity index (χ0n) is 17.5. The van der Waals surface area contributed by atoms with Gasteiger partial charge >= 0.3 is 0 Å². The number of rotatable bonds is 8. The molecule has 1 aromatic carbocycles. The first-order chi connectivity index (χ1) is 14.2. The highest BCUT2D eigenvalue weighted by atomic mass is 32.1. The minimum Gasteiger partial charge on any atom is -0.356 e. The monoisotopic (exact) mass is 417 g/mol. The molecule has 1 aliphatic heterocycles. The van der Waals surface area contributed by atoms with Crippen LogP contribution in [0, 0.1) is 11.7 Å². The number of likely N-dealkylation sites (tertiary alicyclic amines) is 1. The molecular weight excluding hydrogens is 385 g/mol. The molecule has 0 unspecified atom stereocenters. The van der Waals surface area contributed by atoms with Gasteiger partial charge in [-0.3, -0.25) is 9.89 Å². The highest BCUT2D eigenvalue weighted by molar-refractivity contribution is 7.09. The van der Waals surface area contributed by atoms with E-state index in [9.17, 15) is 4.39 Å². The van der Waals surface area contributed by atoms with Crippen LogP contribution in [0.15, 0.2) is 34.6 Å². The van der Waals surface area contributed by atoms with Crippen molar-refractivity contribution in [2.45, 2.75) is 39.2 Å². The molecule has 7 heteroatoms. The number of guanidine groups is 1. The first kappa shape index (κ1) is 21.7. The van der Waals surface area contributed by atoms with E-state index in [0.29, 0.717) is 5.92 Å². The van der Waals surface area contributed by atoms with Crippen LogP contribution in [0.5, 0.6) is 0 Å². The molecular formula is C22H32FN5S. The maximum atomic E-state index is 13.0. The van der Waals surface area contributed by atoms with Crippen molar-refractivity contribution in [2.75, 3.05) is 33.2 Å². The quantitative estimate of drug-likeness (QED) is 0.510. The molecule has 0 radical (unpaired) electrons. The number of aromatic nitrogens is 1. The average molecular weight is 418 g/mol. The summed E-state index contributed by atoms with van der Waals surface area (Å²) in [7, 11) is 1.80. The number of benzene rings is 1. The van der Waals surface area contributed by atoms with Crippen molar-refractivity contribution < 1.29 is 4.39 Å². The van der Waals surface area contributed by atoms with E-state index in [4.69, 9.17) is 0 Å². The number of aryl methyl sites for hydroxylation is 1. The molecule has 0 amide bonds. The van der Waals surface area contributed by atoms with E-state index in [1.165, 1.54) is 35.7 Å². The Bertz CT molecular complexity index is 766. The fourth-order valence-electron chi connectivity index (χ4n) is 3.60. The van der Waals surface area contributed by atoms with Crippen molar-refractivity contribution in [3.63, 3.8) is 0 Å². The van der Waals surface area contributed by atoms with Gasteiger partial charge in [0, 0.05) is 32.1 Å². The molecule has 0 bridgehead atoms. The van der Waals surface area contributed by atoms with E-state index in [1.54, 1.807) is 18.4 Å². The maximum Gasteiger partial charge on any atom is 0.190 e. The van der Waals surface area contributed by atoms with Gasteiger partial charge in [0.2, 0.25) is 0 Å². The molecule has 1 aromatic heterocycles. The van der Waals surface area contributed by atoms with Gasteiger partial charge < -0.3 is 10.6 Å². The summed E-state index contributed by atoms with van der Waals surface area (Å²) in [6.45, 7) is 7.11. The first-order valence-electron chi connectivity index (χ1n) is 10.5. The van der Waals surface area contributed by atoms with Crippen LogP contribution < -0.4 is 10.6 Å². The number of nitrogens with one attached hydrogen (secondary N) is 2. The van der Waals surface area contributed by atoms with Crippen LogP contribution in [0.4, 0.5) is 4.39 Å². The summed E-state index contributed by atoms with van der Waals surface area (Å²) in [6, 6.07) is 6.67. The SMILES string of the molecule is CCc1nc(CN2CCC(CNC(=NC)NCCc3ccc(F)cc3)CC2)cs1. The molecule has 3 rings (SSSR count). The number of aliphatic imine (C=N–C) groups is 1. The van der Waals surface area contributed by atoms with Crippen molar-refractivity contribution in [3.8, 4) is 0 Å². The van der Waals surface area contributed by atoms with Crippen molar-refractivity contribution in [1.29, 1.82) is 0 Å². The number of nitrogens with zero attached hydrogens (tertiary/aromatic N) is 3. The summed E-state index contributed by atoms with van der Waals surface area (Å²) < 4.78 is 13.0. The van der Waals surface area contributed by atoms with Crippen molar-refractivity contribution >= 4 is 17.3 Å². The zero-order valence-corrected chi connectivity index (χ0v) is 18.3. The predicted octanol–water partition coefficient (Wildman–Crippen LogP) is 3.46. The molecule has 2 N–H and O–H groups in total. The Hall–Kier alpha value is -1.99. The molecule has 1 fully saturated rings. The summed E-state index contributed by atoms with van der Waals surface area (Å²) in [4.78, 5) is 11.5. The Morgan fingerprint density at radius 2 is 2.00 bits per heavy atom. The van der Waals surface area contributed by atoms with E-state index in [-0.39, 0.29) is 5.82 Å². The van der Waals surface area contributed by atoms with Crippen molar-refractivity contribution in [2.24, 2.45) is 10.9 Å². The molecule has 0 saturated carbocycles. The van der Waals surface area contributed by atoms with E-state index < -0.39 is 0 Å². The molecule has 1 saturated heterocycles. The van der Waals surface area contributed by atoms with E-state index in [2.05, 4.69) is 37.8 Å². The van der Waals surface area contributed by atoms with Gasteiger partial charge in [-0.2, -0.15) is 0 Å². The topological polar surface area (TPSA) is 52.6 Å². The van der Waals surface area contributed by atoms with E-state index in [0.717, 1.165) is 57.1 Å². The minimum absolute atomic E-state index is 0.192. The second-order valence-electron chi connectivity index (χ2n) is 7.56. The van der Waals surface area contributed by atoms with Crippen molar-refractivity contribution in [3.05, 3.63) is 51.7 Å². The summed E-state index contributed by atoms with van der Waals surface area (Å²) in [5.74, 6) is 1.31. The largest absolute Gasteiger partial charge is 0.356 e. The van der Waals surface area contributed by atoms with Gasteiger partial charge in [-0.05, 0) is 62.4 Å². The van der Waals surface area contributed by atoms with E-state index in [1.807, 2.05) is 12.1 Å².